The first-order chi connectivity index (χ1) is 8.70. The van der Waals surface area contributed by atoms with Gasteiger partial charge in [0.25, 0.3) is 5.24 Å². The molecular formula is C15H19NO2S. The van der Waals surface area contributed by atoms with Crippen molar-refractivity contribution in [2.24, 2.45) is 0 Å². The van der Waals surface area contributed by atoms with E-state index < -0.39 is 10.2 Å². The van der Waals surface area contributed by atoms with Crippen LogP contribution in [0.15, 0.2) is 24.3 Å². The Morgan fingerprint density at radius 3 is 2.37 bits per heavy atom. The van der Waals surface area contributed by atoms with Crippen molar-refractivity contribution in [2.75, 3.05) is 7.05 Å². The van der Waals surface area contributed by atoms with Crippen molar-refractivity contribution in [1.29, 1.82) is 0 Å². The van der Waals surface area contributed by atoms with E-state index in [2.05, 4.69) is 6.07 Å². The topological polar surface area (TPSA) is 37.4 Å². The number of thioether (sulfide) groups is 1. The first-order valence-corrected chi connectivity index (χ1v) is 7.10. The molecule has 1 aromatic carbocycles. The molecule has 1 fully saturated rings. The van der Waals surface area contributed by atoms with Gasteiger partial charge in [0.05, 0.1) is 0 Å². The zero-order valence-electron chi connectivity index (χ0n) is 12.0. The van der Waals surface area contributed by atoms with Crippen molar-refractivity contribution in [1.82, 2.24) is 4.90 Å². The summed E-state index contributed by atoms with van der Waals surface area (Å²) in [6.07, 6.45) is 0. The number of amides is 2. The zero-order valence-corrected chi connectivity index (χ0v) is 12.8. The van der Waals surface area contributed by atoms with Gasteiger partial charge in [0.2, 0.25) is 5.91 Å². The zero-order chi connectivity index (χ0) is 14.4. The highest BCUT2D eigenvalue weighted by molar-refractivity contribution is 8.16. The maximum atomic E-state index is 12.4. The summed E-state index contributed by atoms with van der Waals surface area (Å²) in [6.45, 7) is 7.95. The van der Waals surface area contributed by atoms with Crippen molar-refractivity contribution in [3.63, 3.8) is 0 Å². The Labute approximate surface area is 118 Å². The minimum atomic E-state index is -0.757. The van der Waals surface area contributed by atoms with Crippen LogP contribution in [0.5, 0.6) is 0 Å². The molecule has 0 radical (unpaired) electrons. The Balaban J connectivity index is 2.50. The lowest BCUT2D eigenvalue weighted by atomic mass is 9.72. The quantitative estimate of drug-likeness (QED) is 0.832. The van der Waals surface area contributed by atoms with Gasteiger partial charge in [0.15, 0.2) is 0 Å². The summed E-state index contributed by atoms with van der Waals surface area (Å²) in [5, 5.41) is -0.173. The van der Waals surface area contributed by atoms with Crippen molar-refractivity contribution in [3.8, 4) is 0 Å². The van der Waals surface area contributed by atoms with Crippen LogP contribution in [0.2, 0.25) is 0 Å². The van der Waals surface area contributed by atoms with Crippen LogP contribution in [-0.2, 0) is 10.2 Å². The summed E-state index contributed by atoms with van der Waals surface area (Å²) in [7, 11) is 1.55. The minimum Gasteiger partial charge on any atom is -0.275 e. The van der Waals surface area contributed by atoms with Crippen LogP contribution in [0.25, 0.3) is 0 Å². The van der Waals surface area contributed by atoms with Crippen molar-refractivity contribution < 1.29 is 9.59 Å². The van der Waals surface area contributed by atoms with E-state index in [0.717, 1.165) is 22.9 Å². The van der Waals surface area contributed by atoms with Gasteiger partial charge in [-0.05, 0) is 31.2 Å². The SMILES string of the molecule is Cc1cccc(C(C)(C)C2(C)SC(=O)N(C)C2=O)c1. The Kier molecular flexibility index (Phi) is 3.25. The van der Waals surface area contributed by atoms with Gasteiger partial charge in [-0.2, -0.15) is 0 Å². The van der Waals surface area contributed by atoms with Gasteiger partial charge in [-0.1, -0.05) is 43.7 Å². The van der Waals surface area contributed by atoms with Crippen molar-refractivity contribution >= 4 is 22.9 Å². The summed E-state index contributed by atoms with van der Waals surface area (Å²) in [6, 6.07) is 8.13. The highest BCUT2D eigenvalue weighted by Gasteiger charge is 2.57. The van der Waals surface area contributed by atoms with Crippen molar-refractivity contribution in [2.45, 2.75) is 37.9 Å². The molecule has 3 nitrogen and oxygen atoms in total. The molecule has 1 aromatic rings. The van der Waals surface area contributed by atoms with E-state index in [1.54, 1.807) is 7.05 Å². The van der Waals surface area contributed by atoms with Crippen molar-refractivity contribution in [3.05, 3.63) is 35.4 Å². The second-order valence-electron chi connectivity index (χ2n) is 5.76. The molecule has 4 heteroatoms. The highest BCUT2D eigenvalue weighted by Crippen LogP contribution is 2.49. The van der Waals surface area contributed by atoms with Gasteiger partial charge in [0.1, 0.15) is 4.75 Å². The van der Waals surface area contributed by atoms with E-state index in [4.69, 9.17) is 0 Å². The monoisotopic (exact) mass is 277 g/mol. The van der Waals surface area contributed by atoms with E-state index in [1.165, 1.54) is 4.90 Å². The molecule has 1 heterocycles. The minimum absolute atomic E-state index is 0.117. The number of benzene rings is 1. The lowest BCUT2D eigenvalue weighted by molar-refractivity contribution is -0.129. The molecule has 2 rings (SSSR count). The molecule has 0 aromatic heterocycles. The molecule has 0 bridgehead atoms. The first-order valence-electron chi connectivity index (χ1n) is 6.28. The predicted molar refractivity (Wildman–Crippen MR) is 78.4 cm³/mol. The van der Waals surface area contributed by atoms with Crippen LogP contribution in [-0.4, -0.2) is 27.8 Å². The standard InChI is InChI=1S/C15H19NO2S/c1-10-7-6-8-11(9-10)14(2,3)15(4)12(17)16(5)13(18)19-15/h6-9H,1-5H3. The van der Waals surface area contributed by atoms with Gasteiger partial charge < -0.3 is 0 Å². The molecule has 1 unspecified atom stereocenters. The maximum absolute atomic E-state index is 12.4. The number of aryl methyl sites for hydroxylation is 1. The molecule has 19 heavy (non-hydrogen) atoms. The van der Waals surface area contributed by atoms with Crippen LogP contribution in [0.4, 0.5) is 4.79 Å². The molecule has 0 saturated carbocycles. The number of rotatable bonds is 2. The summed E-state index contributed by atoms with van der Waals surface area (Å²) in [5.41, 5.74) is 1.82. The third-order valence-electron chi connectivity index (χ3n) is 4.21. The molecule has 1 aliphatic rings. The number of hydrogen-bond acceptors (Lipinski definition) is 3. The largest absolute Gasteiger partial charge is 0.289 e. The van der Waals surface area contributed by atoms with E-state index in [1.807, 2.05) is 45.9 Å². The van der Waals surface area contributed by atoms with Gasteiger partial charge in [-0.3, -0.25) is 14.5 Å². The summed E-state index contributed by atoms with van der Waals surface area (Å²) in [5.74, 6) is -0.117. The van der Waals surface area contributed by atoms with Gasteiger partial charge in [-0.25, -0.2) is 0 Å². The average molecular weight is 277 g/mol. The van der Waals surface area contributed by atoms with Crippen LogP contribution in [0, 0.1) is 6.92 Å². The van der Waals surface area contributed by atoms with Gasteiger partial charge >= 0.3 is 0 Å². The predicted octanol–water partition coefficient (Wildman–Crippen LogP) is 3.36. The molecule has 102 valence electrons. The smallest absolute Gasteiger partial charge is 0.275 e. The molecule has 0 N–H and O–H groups in total. The first kappa shape index (κ1) is 14.1. The van der Waals surface area contributed by atoms with E-state index in [0.29, 0.717) is 0 Å². The lowest BCUT2D eigenvalue weighted by Gasteiger charge is -2.38. The van der Waals surface area contributed by atoms with Gasteiger partial charge in [-0.15, -0.1) is 0 Å². The Hall–Kier alpha value is -1.29. The summed E-state index contributed by atoms with van der Waals surface area (Å²) >= 11 is 1.13. The lowest BCUT2D eigenvalue weighted by Crippen LogP contribution is -2.49. The third kappa shape index (κ3) is 1.98. The van der Waals surface area contributed by atoms with Crippen LogP contribution in [0.1, 0.15) is 31.9 Å². The second-order valence-corrected chi connectivity index (χ2v) is 7.13. The molecular weight excluding hydrogens is 258 g/mol. The fourth-order valence-corrected chi connectivity index (χ4v) is 3.56. The Bertz CT molecular complexity index is 553. The van der Waals surface area contributed by atoms with Gasteiger partial charge in [0, 0.05) is 12.5 Å². The number of nitrogens with zero attached hydrogens (tertiary/aromatic N) is 1. The fourth-order valence-electron chi connectivity index (χ4n) is 2.39. The Morgan fingerprint density at radius 1 is 1.26 bits per heavy atom. The average Bonchev–Trinajstić information content (AvgIpc) is 2.55. The number of hydrogen-bond donors (Lipinski definition) is 0. The molecule has 0 spiro atoms. The van der Waals surface area contributed by atoms with E-state index in [-0.39, 0.29) is 11.1 Å². The third-order valence-corrected chi connectivity index (χ3v) is 5.75. The fraction of sp³-hybridized carbons (Fsp3) is 0.467. The van der Waals surface area contributed by atoms with Crippen LogP contribution >= 0.6 is 11.8 Å². The summed E-state index contributed by atoms with van der Waals surface area (Å²) in [4.78, 5) is 25.5. The second kappa shape index (κ2) is 4.37. The molecule has 1 atom stereocenters. The van der Waals surface area contributed by atoms with Crippen LogP contribution in [0.3, 0.4) is 0 Å². The van der Waals surface area contributed by atoms with E-state index in [9.17, 15) is 9.59 Å². The van der Waals surface area contributed by atoms with Crippen LogP contribution < -0.4 is 0 Å². The highest BCUT2D eigenvalue weighted by atomic mass is 32.2. The van der Waals surface area contributed by atoms with E-state index >= 15 is 0 Å². The Morgan fingerprint density at radius 2 is 1.89 bits per heavy atom. The number of carbonyl (C=O) groups excluding carboxylic acids is 2. The summed E-state index contributed by atoms with van der Waals surface area (Å²) < 4.78 is -0.757. The maximum Gasteiger partial charge on any atom is 0.289 e. The molecule has 1 aliphatic heterocycles. The molecule has 2 amide bonds. The number of carbonyl (C=O) groups is 2. The normalized spacial score (nSPS) is 24.2. The molecule has 1 saturated heterocycles. The number of imide groups is 1. The molecule has 0 aliphatic carbocycles.